The summed E-state index contributed by atoms with van der Waals surface area (Å²) in [6.07, 6.45) is 2.32. The topological polar surface area (TPSA) is 12.5 Å². The van der Waals surface area contributed by atoms with E-state index in [0.717, 1.165) is 19.5 Å². The van der Waals surface area contributed by atoms with Crippen molar-refractivity contribution in [1.29, 1.82) is 0 Å². The lowest BCUT2D eigenvalue weighted by Gasteiger charge is -2.36. The zero-order valence-electron chi connectivity index (χ0n) is 20.5. The van der Waals surface area contributed by atoms with E-state index in [0.29, 0.717) is 0 Å². The second-order valence-corrected chi connectivity index (χ2v) is 10.2. The maximum atomic E-state index is 6.49. The van der Waals surface area contributed by atoms with Gasteiger partial charge in [0.15, 0.2) is 0 Å². The number of hydrogen-bond acceptors (Lipinski definition) is 2. The van der Waals surface area contributed by atoms with Gasteiger partial charge >= 0.3 is 0 Å². The second-order valence-electron chi connectivity index (χ2n) is 10.2. The predicted octanol–water partition coefficient (Wildman–Crippen LogP) is 7.80. The Morgan fingerprint density at radius 1 is 0.969 bits per heavy atom. The van der Waals surface area contributed by atoms with Gasteiger partial charge in [0.05, 0.1) is 11.7 Å². The van der Waals surface area contributed by atoms with Crippen LogP contribution in [0.2, 0.25) is 0 Å². The number of hydrogen-bond donors (Lipinski definition) is 0. The van der Waals surface area contributed by atoms with E-state index >= 15 is 0 Å². The van der Waals surface area contributed by atoms with E-state index in [2.05, 4.69) is 107 Å². The Balaban J connectivity index is 1.86. The predicted molar refractivity (Wildman–Crippen MR) is 136 cm³/mol. The summed E-state index contributed by atoms with van der Waals surface area (Å²) >= 11 is 0. The van der Waals surface area contributed by atoms with Crippen LogP contribution in [0.3, 0.4) is 0 Å². The third-order valence-corrected chi connectivity index (χ3v) is 6.35. The van der Waals surface area contributed by atoms with Crippen LogP contribution in [0.4, 0.5) is 5.69 Å². The van der Waals surface area contributed by atoms with Crippen LogP contribution in [0, 0.1) is 13.8 Å². The van der Waals surface area contributed by atoms with Crippen molar-refractivity contribution in [2.75, 3.05) is 11.4 Å². The largest absolute Gasteiger partial charge is 0.368 e. The van der Waals surface area contributed by atoms with Crippen LogP contribution in [0.1, 0.15) is 68.0 Å². The fourth-order valence-electron chi connectivity index (χ4n) is 5.09. The third kappa shape index (κ3) is 4.91. The number of aryl methyl sites for hydroxylation is 2. The fourth-order valence-corrected chi connectivity index (χ4v) is 5.09. The van der Waals surface area contributed by atoms with E-state index in [4.69, 9.17) is 4.74 Å². The van der Waals surface area contributed by atoms with Gasteiger partial charge in [-0.1, -0.05) is 60.2 Å². The summed E-state index contributed by atoms with van der Waals surface area (Å²) in [6, 6.07) is 22.3. The van der Waals surface area contributed by atoms with Crippen LogP contribution in [-0.2, 0) is 17.7 Å². The summed E-state index contributed by atoms with van der Waals surface area (Å²) in [5.41, 5.74) is 10.7. The monoisotopic (exact) mass is 427 g/mol. The Kier molecular flexibility index (Phi) is 6.44. The van der Waals surface area contributed by atoms with Gasteiger partial charge in [-0.15, -0.1) is 0 Å². The minimum absolute atomic E-state index is 0.0288. The smallest absolute Gasteiger partial charge is 0.0812 e. The van der Waals surface area contributed by atoms with Crippen molar-refractivity contribution >= 4 is 5.69 Å². The maximum absolute atomic E-state index is 6.49. The van der Waals surface area contributed by atoms with Crippen molar-refractivity contribution in [3.63, 3.8) is 0 Å². The van der Waals surface area contributed by atoms with Crippen LogP contribution in [-0.4, -0.2) is 12.1 Å². The highest BCUT2D eigenvalue weighted by Crippen LogP contribution is 2.44. The molecule has 0 aliphatic carbocycles. The first kappa shape index (κ1) is 22.6. The first-order chi connectivity index (χ1) is 15.2. The molecule has 1 heterocycles. The average Bonchev–Trinajstić information content (AvgIpc) is 2.73. The van der Waals surface area contributed by atoms with Crippen molar-refractivity contribution in [1.82, 2.24) is 0 Å². The maximum Gasteiger partial charge on any atom is 0.0812 e. The molecule has 0 fully saturated rings. The number of nitrogens with zero attached hydrogens (tertiary/aromatic N) is 1. The molecule has 1 aliphatic rings. The van der Waals surface area contributed by atoms with Crippen LogP contribution in [0.15, 0.2) is 60.7 Å². The molecule has 1 unspecified atom stereocenters. The number of ether oxygens (including phenoxy) is 1. The molecule has 0 saturated heterocycles. The van der Waals surface area contributed by atoms with Gasteiger partial charge in [0, 0.05) is 18.8 Å². The first-order valence-corrected chi connectivity index (χ1v) is 11.9. The van der Waals surface area contributed by atoms with Crippen LogP contribution >= 0.6 is 0 Å². The summed E-state index contributed by atoms with van der Waals surface area (Å²) in [5.74, 6) is 0. The van der Waals surface area contributed by atoms with Crippen LogP contribution in [0.25, 0.3) is 11.1 Å². The summed E-state index contributed by atoms with van der Waals surface area (Å²) in [5, 5.41) is 0. The lowest BCUT2D eigenvalue weighted by Crippen LogP contribution is -2.30. The molecule has 1 atom stereocenters. The highest BCUT2D eigenvalue weighted by molar-refractivity contribution is 5.80. The minimum atomic E-state index is -0.189. The summed E-state index contributed by atoms with van der Waals surface area (Å²) in [7, 11) is 0. The first-order valence-electron chi connectivity index (χ1n) is 11.9. The van der Waals surface area contributed by atoms with Gasteiger partial charge in [0.2, 0.25) is 0 Å². The van der Waals surface area contributed by atoms with Crippen LogP contribution < -0.4 is 4.90 Å². The molecule has 168 valence electrons. The number of rotatable bonds is 5. The normalized spacial score (nSPS) is 14.9. The molecule has 0 radical (unpaired) electrons. The third-order valence-electron chi connectivity index (χ3n) is 6.35. The van der Waals surface area contributed by atoms with Gasteiger partial charge in [0.1, 0.15) is 0 Å². The Morgan fingerprint density at radius 2 is 1.66 bits per heavy atom. The lowest BCUT2D eigenvalue weighted by atomic mass is 9.83. The van der Waals surface area contributed by atoms with Gasteiger partial charge in [-0.2, -0.15) is 0 Å². The van der Waals surface area contributed by atoms with E-state index in [-0.39, 0.29) is 11.7 Å². The van der Waals surface area contributed by atoms with E-state index in [1.165, 1.54) is 51.1 Å². The lowest BCUT2D eigenvalue weighted by molar-refractivity contribution is -0.0529. The van der Waals surface area contributed by atoms with Crippen molar-refractivity contribution in [2.24, 2.45) is 0 Å². The number of fused-ring (bicyclic) bond motifs is 1. The zero-order valence-corrected chi connectivity index (χ0v) is 20.5. The Bertz CT molecular complexity index is 1060. The second kappa shape index (κ2) is 9.11. The molecule has 0 saturated carbocycles. The highest BCUT2D eigenvalue weighted by Gasteiger charge is 2.28. The minimum Gasteiger partial charge on any atom is -0.368 e. The van der Waals surface area contributed by atoms with E-state index in [1.54, 1.807) is 0 Å². The molecule has 2 heteroatoms. The van der Waals surface area contributed by atoms with Gasteiger partial charge in [-0.05, 0) is 93.8 Å². The number of benzene rings is 3. The molecular formula is C30H37NO. The van der Waals surface area contributed by atoms with Crippen molar-refractivity contribution in [3.8, 4) is 11.1 Å². The average molecular weight is 428 g/mol. The Morgan fingerprint density at radius 3 is 2.31 bits per heavy atom. The molecule has 0 bridgehead atoms. The van der Waals surface area contributed by atoms with E-state index < -0.39 is 0 Å². The van der Waals surface area contributed by atoms with Gasteiger partial charge in [-0.25, -0.2) is 0 Å². The molecular weight excluding hydrogens is 390 g/mol. The molecule has 3 aromatic carbocycles. The molecule has 0 amide bonds. The quantitative estimate of drug-likeness (QED) is 0.412. The van der Waals surface area contributed by atoms with Crippen molar-refractivity contribution < 1.29 is 4.74 Å². The summed E-state index contributed by atoms with van der Waals surface area (Å²) in [6.45, 7) is 15.1. The molecule has 0 spiro atoms. The molecule has 32 heavy (non-hydrogen) atoms. The Labute approximate surface area is 194 Å². The van der Waals surface area contributed by atoms with Crippen LogP contribution in [0.5, 0.6) is 0 Å². The van der Waals surface area contributed by atoms with E-state index in [9.17, 15) is 0 Å². The van der Waals surface area contributed by atoms with Gasteiger partial charge < -0.3 is 9.64 Å². The molecule has 2 nitrogen and oxygen atoms in total. The molecule has 1 aliphatic heterocycles. The molecule has 3 aromatic rings. The van der Waals surface area contributed by atoms with Crippen molar-refractivity contribution in [3.05, 3.63) is 88.5 Å². The zero-order chi connectivity index (χ0) is 22.9. The van der Waals surface area contributed by atoms with E-state index in [1.807, 2.05) is 0 Å². The van der Waals surface area contributed by atoms with Crippen molar-refractivity contribution in [2.45, 2.75) is 72.6 Å². The molecule has 0 N–H and O–H groups in total. The molecule has 4 rings (SSSR count). The summed E-state index contributed by atoms with van der Waals surface area (Å²) < 4.78 is 6.49. The summed E-state index contributed by atoms with van der Waals surface area (Å²) in [4.78, 5) is 2.57. The SMILES string of the molecule is Cc1ccc(-c2c3c(cc(C)c2C(C)OC(C)(C)C)N(Cc2ccccc2)CCC3)cc1. The highest BCUT2D eigenvalue weighted by atomic mass is 16.5. The standard InChI is InChI=1S/C30H37NO/c1-21-14-16-25(17-15-21)29-26-13-10-18-31(20-24-11-8-7-9-12-24)27(26)19-22(2)28(29)23(3)32-30(4,5)6/h7-9,11-12,14-17,19,23H,10,13,18,20H2,1-6H3. The number of anilines is 1. The van der Waals surface area contributed by atoms with Gasteiger partial charge in [-0.3, -0.25) is 0 Å². The fraction of sp³-hybridized carbons (Fsp3) is 0.400. The molecule has 0 aromatic heterocycles. The Hall–Kier alpha value is -2.58. The van der Waals surface area contributed by atoms with Gasteiger partial charge in [0.25, 0.3) is 0 Å².